The number of unbranched alkanes of at least 4 members (excludes halogenated alkanes) is 3. The van der Waals surface area contributed by atoms with Crippen LogP contribution in [0.5, 0.6) is 0 Å². The molecule has 86 valence electrons. The third-order valence-corrected chi connectivity index (χ3v) is 2.76. The highest BCUT2D eigenvalue weighted by molar-refractivity contribution is 6.33. The summed E-state index contributed by atoms with van der Waals surface area (Å²) in [5, 5.41) is 8.37. The van der Waals surface area contributed by atoms with E-state index in [2.05, 4.69) is 27.2 Å². The largest absolute Gasteiger partial charge is 0.227 e. The molecule has 0 spiro atoms. The van der Waals surface area contributed by atoms with Gasteiger partial charge in [-0.15, -0.1) is 5.10 Å². The first-order valence-corrected chi connectivity index (χ1v) is 5.90. The zero-order chi connectivity index (χ0) is 11.4. The van der Waals surface area contributed by atoms with E-state index in [1.807, 2.05) is 0 Å². The van der Waals surface area contributed by atoms with Crippen molar-refractivity contribution in [2.75, 3.05) is 0 Å². The normalized spacial score (nSPS) is 11.1. The first-order chi connectivity index (χ1) is 7.83. The van der Waals surface area contributed by atoms with Crippen molar-refractivity contribution in [3.8, 4) is 0 Å². The molecule has 0 bridgehead atoms. The average Bonchev–Trinajstić information content (AvgIpc) is 2.70. The third kappa shape index (κ3) is 2.29. The van der Waals surface area contributed by atoms with Crippen molar-refractivity contribution >= 4 is 22.8 Å². The van der Waals surface area contributed by atoms with E-state index in [1.54, 1.807) is 4.68 Å². The van der Waals surface area contributed by atoms with Gasteiger partial charge in [-0.2, -0.15) is 0 Å². The van der Waals surface area contributed by atoms with Crippen LogP contribution in [-0.4, -0.2) is 25.0 Å². The van der Waals surface area contributed by atoms with Crippen molar-refractivity contribution < 1.29 is 0 Å². The summed E-state index contributed by atoms with van der Waals surface area (Å²) < 4.78 is 1.79. The summed E-state index contributed by atoms with van der Waals surface area (Å²) in [7, 11) is 0. The maximum atomic E-state index is 5.89. The Kier molecular flexibility index (Phi) is 3.66. The molecule has 5 nitrogen and oxygen atoms in total. The molecule has 0 aliphatic rings. The molecule has 0 saturated heterocycles. The molecule has 0 radical (unpaired) electrons. The van der Waals surface area contributed by atoms with Gasteiger partial charge in [0.15, 0.2) is 16.3 Å². The zero-order valence-electron chi connectivity index (χ0n) is 9.23. The standard InChI is InChI=1S/C10H14ClN5/c1-2-3-4-5-6-16-10-8(14-15-16)9(11)12-7-13-10/h7H,2-6H2,1H3. The van der Waals surface area contributed by atoms with Crippen molar-refractivity contribution in [1.82, 2.24) is 25.0 Å². The van der Waals surface area contributed by atoms with Crippen LogP contribution in [0, 0.1) is 0 Å². The van der Waals surface area contributed by atoms with E-state index in [9.17, 15) is 0 Å². The maximum absolute atomic E-state index is 5.89. The second kappa shape index (κ2) is 5.21. The molecule has 0 unspecified atom stereocenters. The molecule has 0 aliphatic heterocycles. The van der Waals surface area contributed by atoms with Crippen molar-refractivity contribution in [2.24, 2.45) is 0 Å². The fourth-order valence-electron chi connectivity index (χ4n) is 1.60. The van der Waals surface area contributed by atoms with E-state index in [0.29, 0.717) is 10.7 Å². The highest BCUT2D eigenvalue weighted by atomic mass is 35.5. The van der Waals surface area contributed by atoms with Crippen LogP contribution in [0.1, 0.15) is 32.6 Å². The molecule has 6 heteroatoms. The highest BCUT2D eigenvalue weighted by Gasteiger charge is 2.09. The molecule has 2 rings (SSSR count). The molecule has 0 amide bonds. The molecule has 0 saturated carbocycles. The predicted octanol–water partition coefficient (Wildman–Crippen LogP) is 2.46. The number of aryl methyl sites for hydroxylation is 1. The van der Waals surface area contributed by atoms with Crippen LogP contribution in [0.25, 0.3) is 11.2 Å². The summed E-state index contributed by atoms with van der Waals surface area (Å²) in [6.45, 7) is 3.03. The van der Waals surface area contributed by atoms with E-state index in [4.69, 9.17) is 11.6 Å². The highest BCUT2D eigenvalue weighted by Crippen LogP contribution is 2.15. The lowest BCUT2D eigenvalue weighted by atomic mass is 10.2. The number of nitrogens with zero attached hydrogens (tertiary/aromatic N) is 5. The van der Waals surface area contributed by atoms with Gasteiger partial charge in [-0.25, -0.2) is 14.6 Å². The van der Waals surface area contributed by atoms with Gasteiger partial charge in [-0.1, -0.05) is 43.0 Å². The summed E-state index contributed by atoms with van der Waals surface area (Å²) in [5.74, 6) is 0. The molecule has 0 aromatic carbocycles. The molecular formula is C10H14ClN5. The van der Waals surface area contributed by atoms with Crippen LogP contribution < -0.4 is 0 Å². The van der Waals surface area contributed by atoms with Crippen LogP contribution >= 0.6 is 11.6 Å². The Bertz CT molecular complexity index is 467. The van der Waals surface area contributed by atoms with E-state index >= 15 is 0 Å². The van der Waals surface area contributed by atoms with Crippen LogP contribution in [-0.2, 0) is 6.54 Å². The zero-order valence-corrected chi connectivity index (χ0v) is 9.98. The Morgan fingerprint density at radius 1 is 1.25 bits per heavy atom. The summed E-state index contributed by atoms with van der Waals surface area (Å²) in [4.78, 5) is 8.01. The fraction of sp³-hybridized carbons (Fsp3) is 0.600. The molecule has 2 aromatic heterocycles. The second-order valence-corrected chi connectivity index (χ2v) is 4.07. The monoisotopic (exact) mass is 239 g/mol. The number of rotatable bonds is 5. The fourth-order valence-corrected chi connectivity index (χ4v) is 1.77. The van der Waals surface area contributed by atoms with Gasteiger partial charge in [-0.3, -0.25) is 0 Å². The third-order valence-electron chi connectivity index (χ3n) is 2.48. The smallest absolute Gasteiger partial charge is 0.183 e. The summed E-state index contributed by atoms with van der Waals surface area (Å²) >= 11 is 5.89. The number of hydrogen-bond donors (Lipinski definition) is 0. The summed E-state index contributed by atoms with van der Waals surface area (Å²) in [6.07, 6.45) is 6.22. The molecule has 2 aromatic rings. The lowest BCUT2D eigenvalue weighted by Crippen LogP contribution is -2.01. The predicted molar refractivity (Wildman–Crippen MR) is 62.3 cm³/mol. The Morgan fingerprint density at radius 3 is 2.94 bits per heavy atom. The quantitative estimate of drug-likeness (QED) is 0.594. The van der Waals surface area contributed by atoms with Gasteiger partial charge in [0.25, 0.3) is 0 Å². The summed E-state index contributed by atoms with van der Waals surface area (Å²) in [5.41, 5.74) is 1.30. The first kappa shape index (κ1) is 11.3. The second-order valence-electron chi connectivity index (χ2n) is 3.71. The van der Waals surface area contributed by atoms with Gasteiger partial charge in [-0.05, 0) is 6.42 Å². The van der Waals surface area contributed by atoms with E-state index in [-0.39, 0.29) is 0 Å². The van der Waals surface area contributed by atoms with Crippen LogP contribution in [0.3, 0.4) is 0 Å². The minimum Gasteiger partial charge on any atom is -0.227 e. The molecule has 0 fully saturated rings. The van der Waals surface area contributed by atoms with Crippen molar-refractivity contribution in [3.05, 3.63) is 11.5 Å². The molecule has 2 heterocycles. The lowest BCUT2D eigenvalue weighted by molar-refractivity contribution is 0.536. The first-order valence-electron chi connectivity index (χ1n) is 5.52. The van der Waals surface area contributed by atoms with Gasteiger partial charge < -0.3 is 0 Å². The topological polar surface area (TPSA) is 56.5 Å². The average molecular weight is 240 g/mol. The van der Waals surface area contributed by atoms with Crippen molar-refractivity contribution in [2.45, 2.75) is 39.2 Å². The molecule has 0 atom stereocenters. The minimum absolute atomic E-state index is 0.366. The molecule has 0 aliphatic carbocycles. The molecular weight excluding hydrogens is 226 g/mol. The Morgan fingerprint density at radius 2 is 2.12 bits per heavy atom. The van der Waals surface area contributed by atoms with Crippen LogP contribution in [0.2, 0.25) is 5.15 Å². The number of fused-ring (bicyclic) bond motifs is 1. The van der Waals surface area contributed by atoms with Gasteiger partial charge in [0.05, 0.1) is 0 Å². The van der Waals surface area contributed by atoms with Crippen LogP contribution in [0.15, 0.2) is 6.33 Å². The van der Waals surface area contributed by atoms with Crippen molar-refractivity contribution in [1.29, 1.82) is 0 Å². The van der Waals surface area contributed by atoms with Gasteiger partial charge in [0.2, 0.25) is 0 Å². The minimum atomic E-state index is 0.366. The number of aromatic nitrogens is 5. The number of hydrogen-bond acceptors (Lipinski definition) is 4. The van der Waals surface area contributed by atoms with Gasteiger partial charge in [0.1, 0.15) is 6.33 Å². The lowest BCUT2D eigenvalue weighted by Gasteiger charge is -2.00. The Balaban J connectivity index is 2.10. The molecule has 16 heavy (non-hydrogen) atoms. The molecule has 0 N–H and O–H groups in total. The van der Waals surface area contributed by atoms with E-state index in [0.717, 1.165) is 18.6 Å². The SMILES string of the molecule is CCCCCCn1nnc2c(Cl)ncnc21. The summed E-state index contributed by atoms with van der Waals surface area (Å²) in [6, 6.07) is 0. The maximum Gasteiger partial charge on any atom is 0.183 e. The van der Waals surface area contributed by atoms with Crippen molar-refractivity contribution in [3.63, 3.8) is 0 Å². The van der Waals surface area contributed by atoms with Gasteiger partial charge >= 0.3 is 0 Å². The number of halogens is 1. The van der Waals surface area contributed by atoms with Crippen LogP contribution in [0.4, 0.5) is 0 Å². The Hall–Kier alpha value is -1.23. The van der Waals surface area contributed by atoms with Gasteiger partial charge in [0, 0.05) is 6.54 Å². The van der Waals surface area contributed by atoms with E-state index in [1.165, 1.54) is 25.6 Å². The van der Waals surface area contributed by atoms with E-state index < -0.39 is 0 Å². The Labute approximate surface area is 98.8 Å².